The van der Waals surface area contributed by atoms with Crippen molar-refractivity contribution in [2.24, 2.45) is 0 Å². The molecule has 0 unspecified atom stereocenters. The van der Waals surface area contributed by atoms with Crippen molar-refractivity contribution >= 4 is 17.3 Å². The number of carboxylic acid groups (broad SMARTS) is 1. The zero-order chi connectivity index (χ0) is 13.3. The number of ketones is 1. The second-order valence-electron chi connectivity index (χ2n) is 4.16. The molecular formula is C14H12O4. The Bertz CT molecular complexity index is 594. The Kier molecular flexibility index (Phi) is 3.02. The van der Waals surface area contributed by atoms with Crippen molar-refractivity contribution in [3.05, 3.63) is 52.8 Å². The number of allylic oxidation sites excluding steroid dienone is 2. The van der Waals surface area contributed by atoms with E-state index in [2.05, 4.69) is 0 Å². The lowest BCUT2D eigenvalue weighted by Gasteiger charge is -2.16. The zero-order valence-electron chi connectivity index (χ0n) is 9.80. The van der Waals surface area contributed by atoms with E-state index in [-0.39, 0.29) is 12.0 Å². The summed E-state index contributed by atoms with van der Waals surface area (Å²) < 4.78 is 0. The number of benzene rings is 1. The maximum Gasteiger partial charge on any atom is 0.335 e. The highest BCUT2D eigenvalue weighted by molar-refractivity contribution is 6.14. The normalized spacial score (nSPS) is 15.6. The minimum atomic E-state index is -1.26. The van der Waals surface area contributed by atoms with Gasteiger partial charge in [0.15, 0.2) is 5.76 Å². The molecule has 1 aliphatic rings. The summed E-state index contributed by atoms with van der Waals surface area (Å²) in [5.41, 5.74) is 2.16. The number of hydrogen-bond acceptors (Lipinski definition) is 3. The van der Waals surface area contributed by atoms with Gasteiger partial charge in [0, 0.05) is 6.42 Å². The van der Waals surface area contributed by atoms with E-state index in [1.54, 1.807) is 0 Å². The second kappa shape index (κ2) is 4.49. The van der Waals surface area contributed by atoms with E-state index in [4.69, 9.17) is 5.11 Å². The molecule has 0 radical (unpaired) electrons. The number of carbonyl (C=O) groups is 2. The van der Waals surface area contributed by atoms with E-state index in [0.717, 1.165) is 11.1 Å². The molecule has 4 nitrogen and oxygen atoms in total. The Morgan fingerprint density at radius 3 is 2.56 bits per heavy atom. The number of carbonyl (C=O) groups excluding carboxylic acids is 1. The van der Waals surface area contributed by atoms with Gasteiger partial charge in [-0.2, -0.15) is 0 Å². The quantitative estimate of drug-likeness (QED) is 0.836. The van der Waals surface area contributed by atoms with Gasteiger partial charge in [-0.3, -0.25) is 4.79 Å². The van der Waals surface area contributed by atoms with Gasteiger partial charge in [0.1, 0.15) is 0 Å². The van der Waals surface area contributed by atoms with Crippen LogP contribution in [0.3, 0.4) is 0 Å². The Morgan fingerprint density at radius 2 is 1.94 bits per heavy atom. The van der Waals surface area contributed by atoms with Crippen LogP contribution in [0.1, 0.15) is 17.5 Å². The standard InChI is InChI=1S/C14H12O4/c1-8-4-2-3-5-10(8)9-6-11(14(17)18)13(16)12(15)7-9/h2-5,7,16H,6H2,1H3,(H,17,18). The number of aliphatic hydroxyl groups is 1. The molecule has 0 heterocycles. The maximum absolute atomic E-state index is 11.6. The first-order chi connectivity index (χ1) is 8.50. The molecule has 1 aliphatic carbocycles. The van der Waals surface area contributed by atoms with E-state index in [9.17, 15) is 14.7 Å². The van der Waals surface area contributed by atoms with Gasteiger partial charge in [-0.15, -0.1) is 0 Å². The summed E-state index contributed by atoms with van der Waals surface area (Å²) >= 11 is 0. The highest BCUT2D eigenvalue weighted by Crippen LogP contribution is 2.30. The van der Waals surface area contributed by atoms with Gasteiger partial charge in [-0.25, -0.2) is 4.79 Å². The molecule has 1 aromatic rings. The lowest BCUT2D eigenvalue weighted by Crippen LogP contribution is -2.15. The van der Waals surface area contributed by atoms with Crippen LogP contribution in [0.25, 0.3) is 5.57 Å². The first-order valence-electron chi connectivity index (χ1n) is 5.47. The van der Waals surface area contributed by atoms with Gasteiger partial charge in [0.05, 0.1) is 5.57 Å². The Labute approximate surface area is 104 Å². The van der Waals surface area contributed by atoms with Gasteiger partial charge in [-0.1, -0.05) is 24.3 Å². The average Bonchev–Trinajstić information content (AvgIpc) is 2.33. The fraction of sp³-hybridized carbons (Fsp3) is 0.143. The van der Waals surface area contributed by atoms with Gasteiger partial charge in [0.2, 0.25) is 5.78 Å². The summed E-state index contributed by atoms with van der Waals surface area (Å²) in [7, 11) is 0. The summed E-state index contributed by atoms with van der Waals surface area (Å²) in [5, 5.41) is 18.4. The number of rotatable bonds is 2. The van der Waals surface area contributed by atoms with E-state index in [1.165, 1.54) is 6.08 Å². The fourth-order valence-corrected chi connectivity index (χ4v) is 1.98. The zero-order valence-corrected chi connectivity index (χ0v) is 9.80. The lowest BCUT2D eigenvalue weighted by molar-refractivity contribution is -0.133. The van der Waals surface area contributed by atoms with Crippen LogP contribution in [-0.4, -0.2) is 22.0 Å². The highest BCUT2D eigenvalue weighted by Gasteiger charge is 2.26. The summed E-state index contributed by atoms with van der Waals surface area (Å²) in [4.78, 5) is 22.5. The van der Waals surface area contributed by atoms with Gasteiger partial charge < -0.3 is 10.2 Å². The molecule has 0 bridgehead atoms. The largest absolute Gasteiger partial charge is 0.504 e. The third-order valence-corrected chi connectivity index (χ3v) is 2.94. The van der Waals surface area contributed by atoms with Crippen LogP contribution in [0, 0.1) is 6.92 Å². The molecule has 0 aliphatic heterocycles. The molecule has 0 spiro atoms. The molecule has 0 aromatic heterocycles. The van der Waals surface area contributed by atoms with E-state index < -0.39 is 17.5 Å². The summed E-state index contributed by atoms with van der Waals surface area (Å²) in [5.74, 6) is -2.59. The van der Waals surface area contributed by atoms with Crippen molar-refractivity contribution in [1.82, 2.24) is 0 Å². The monoisotopic (exact) mass is 244 g/mol. The third-order valence-electron chi connectivity index (χ3n) is 2.94. The highest BCUT2D eigenvalue weighted by atomic mass is 16.4. The van der Waals surface area contributed by atoms with E-state index in [0.29, 0.717) is 5.57 Å². The van der Waals surface area contributed by atoms with E-state index in [1.807, 2.05) is 31.2 Å². The van der Waals surface area contributed by atoms with Crippen LogP contribution < -0.4 is 0 Å². The molecule has 0 saturated heterocycles. The summed E-state index contributed by atoms with van der Waals surface area (Å²) in [6.45, 7) is 1.89. The first kappa shape index (κ1) is 12.1. The van der Waals surface area contributed by atoms with Crippen molar-refractivity contribution in [3.8, 4) is 0 Å². The molecule has 0 amide bonds. The molecule has 0 atom stereocenters. The molecule has 0 fully saturated rings. The van der Waals surface area contributed by atoms with E-state index >= 15 is 0 Å². The Morgan fingerprint density at radius 1 is 1.28 bits per heavy atom. The predicted octanol–water partition coefficient (Wildman–Crippen LogP) is 2.25. The van der Waals surface area contributed by atoms with Crippen LogP contribution in [0.15, 0.2) is 41.7 Å². The molecule has 0 saturated carbocycles. The fourth-order valence-electron chi connectivity index (χ4n) is 1.98. The SMILES string of the molecule is Cc1ccccc1C1=CC(=O)C(O)=C(C(=O)O)C1. The molecule has 2 N–H and O–H groups in total. The molecule has 2 rings (SSSR count). The van der Waals surface area contributed by atoms with Crippen LogP contribution in [-0.2, 0) is 9.59 Å². The number of hydrogen-bond donors (Lipinski definition) is 2. The predicted molar refractivity (Wildman–Crippen MR) is 66.1 cm³/mol. The minimum Gasteiger partial charge on any atom is -0.504 e. The summed E-state index contributed by atoms with van der Waals surface area (Å²) in [6, 6.07) is 7.41. The molecule has 92 valence electrons. The third kappa shape index (κ3) is 2.05. The van der Waals surface area contributed by atoms with Crippen LogP contribution in [0.2, 0.25) is 0 Å². The van der Waals surface area contributed by atoms with Crippen LogP contribution in [0.5, 0.6) is 0 Å². The first-order valence-corrected chi connectivity index (χ1v) is 5.47. The van der Waals surface area contributed by atoms with Crippen molar-refractivity contribution in [1.29, 1.82) is 0 Å². The van der Waals surface area contributed by atoms with Gasteiger partial charge in [0.25, 0.3) is 0 Å². The minimum absolute atomic E-state index is 0.0533. The summed E-state index contributed by atoms with van der Waals surface area (Å²) in [6.07, 6.45) is 1.35. The number of aryl methyl sites for hydroxylation is 1. The second-order valence-corrected chi connectivity index (χ2v) is 4.16. The van der Waals surface area contributed by atoms with Crippen molar-refractivity contribution in [2.45, 2.75) is 13.3 Å². The Balaban J connectivity index is 2.45. The number of aliphatic carboxylic acids is 1. The Hall–Kier alpha value is -2.36. The van der Waals surface area contributed by atoms with Gasteiger partial charge in [-0.05, 0) is 29.7 Å². The van der Waals surface area contributed by atoms with Crippen molar-refractivity contribution in [3.63, 3.8) is 0 Å². The smallest absolute Gasteiger partial charge is 0.335 e. The lowest BCUT2D eigenvalue weighted by atomic mass is 9.89. The van der Waals surface area contributed by atoms with Crippen molar-refractivity contribution < 1.29 is 19.8 Å². The molecule has 4 heteroatoms. The molecular weight excluding hydrogens is 232 g/mol. The van der Waals surface area contributed by atoms with Crippen molar-refractivity contribution in [2.75, 3.05) is 0 Å². The number of carboxylic acids is 1. The maximum atomic E-state index is 11.6. The number of aliphatic hydroxyl groups excluding tert-OH is 1. The molecule has 1 aromatic carbocycles. The topological polar surface area (TPSA) is 74.6 Å². The van der Waals surface area contributed by atoms with Crippen LogP contribution >= 0.6 is 0 Å². The van der Waals surface area contributed by atoms with Crippen LogP contribution in [0.4, 0.5) is 0 Å². The average molecular weight is 244 g/mol. The van der Waals surface area contributed by atoms with Gasteiger partial charge >= 0.3 is 5.97 Å². The molecule has 18 heavy (non-hydrogen) atoms.